The Labute approximate surface area is 74.8 Å². The molecule has 6 nitrogen and oxygen atoms in total. The molecule has 0 aromatic carbocycles. The molecule has 2 atom stereocenters. The van der Waals surface area contributed by atoms with Crippen LogP contribution in [0.1, 0.15) is 6.92 Å². The highest BCUT2D eigenvalue weighted by molar-refractivity contribution is 5.81. The molecule has 0 bridgehead atoms. The normalized spacial score (nSPS) is 14.3. The Balaban J connectivity index is 4.04. The summed E-state index contributed by atoms with van der Waals surface area (Å²) in [5.74, 6) is -2.13. The van der Waals surface area contributed by atoms with Gasteiger partial charge in [-0.3, -0.25) is 4.79 Å². The standard InChI is InChI=1S/C7H11NO5/c1-3-5(10)13-8-6(4(2)9)7(11)12/h3-4,6,8-9H,1H2,2H3,(H,11,12)/t4-,6+/m1/s1. The van der Waals surface area contributed by atoms with E-state index in [9.17, 15) is 9.59 Å². The number of hydroxylamine groups is 1. The van der Waals surface area contributed by atoms with Gasteiger partial charge in [-0.15, -0.1) is 5.48 Å². The van der Waals surface area contributed by atoms with E-state index in [1.165, 1.54) is 6.92 Å². The van der Waals surface area contributed by atoms with Crippen LogP contribution in [0.3, 0.4) is 0 Å². The van der Waals surface area contributed by atoms with Crippen molar-refractivity contribution in [2.45, 2.75) is 19.1 Å². The van der Waals surface area contributed by atoms with E-state index < -0.39 is 24.1 Å². The third kappa shape index (κ3) is 4.24. The summed E-state index contributed by atoms with van der Waals surface area (Å²) in [4.78, 5) is 25.1. The molecular formula is C7H11NO5. The number of rotatable bonds is 5. The third-order valence-electron chi connectivity index (χ3n) is 1.20. The van der Waals surface area contributed by atoms with Gasteiger partial charge in [-0.05, 0) is 6.92 Å². The minimum absolute atomic E-state index is 0.813. The SMILES string of the molecule is C=CC(=O)ON[C@H](C(=O)O)[C@@H](C)O. The number of aliphatic hydroxyl groups is 1. The molecule has 0 aromatic rings. The van der Waals surface area contributed by atoms with Crippen LogP contribution < -0.4 is 5.48 Å². The summed E-state index contributed by atoms with van der Waals surface area (Å²) in [6.07, 6.45) is -0.302. The van der Waals surface area contributed by atoms with Gasteiger partial charge in [-0.2, -0.15) is 0 Å². The number of hydrogen-bond donors (Lipinski definition) is 3. The van der Waals surface area contributed by atoms with Gasteiger partial charge in [0.25, 0.3) is 0 Å². The van der Waals surface area contributed by atoms with Crippen LogP contribution in [0.2, 0.25) is 0 Å². The van der Waals surface area contributed by atoms with E-state index in [1.54, 1.807) is 0 Å². The summed E-state index contributed by atoms with van der Waals surface area (Å²) in [5, 5.41) is 17.4. The Morgan fingerprint density at radius 2 is 2.15 bits per heavy atom. The first-order chi connectivity index (χ1) is 5.99. The van der Waals surface area contributed by atoms with E-state index in [1.807, 2.05) is 5.48 Å². The lowest BCUT2D eigenvalue weighted by Gasteiger charge is -2.15. The fourth-order valence-electron chi connectivity index (χ4n) is 0.518. The largest absolute Gasteiger partial charge is 0.480 e. The van der Waals surface area contributed by atoms with E-state index >= 15 is 0 Å². The van der Waals surface area contributed by atoms with Gasteiger partial charge >= 0.3 is 11.9 Å². The van der Waals surface area contributed by atoms with E-state index in [0.717, 1.165) is 6.08 Å². The van der Waals surface area contributed by atoms with Gasteiger partial charge < -0.3 is 15.1 Å². The van der Waals surface area contributed by atoms with E-state index in [0.29, 0.717) is 0 Å². The fraction of sp³-hybridized carbons (Fsp3) is 0.429. The first kappa shape index (κ1) is 11.6. The molecule has 0 aliphatic heterocycles. The number of carboxylic acids is 1. The lowest BCUT2D eigenvalue weighted by atomic mass is 10.2. The van der Waals surface area contributed by atoms with Gasteiger partial charge in [0, 0.05) is 6.08 Å². The number of aliphatic carboxylic acids is 1. The monoisotopic (exact) mass is 189 g/mol. The quantitative estimate of drug-likeness (QED) is 0.381. The van der Waals surface area contributed by atoms with Crippen molar-refractivity contribution in [3.8, 4) is 0 Å². The van der Waals surface area contributed by atoms with Crippen molar-refractivity contribution in [3.05, 3.63) is 12.7 Å². The molecule has 0 unspecified atom stereocenters. The Hall–Kier alpha value is -1.40. The topological polar surface area (TPSA) is 95.9 Å². The molecule has 0 aliphatic rings. The predicted octanol–water partition coefficient (Wildman–Crippen LogP) is -0.946. The zero-order chi connectivity index (χ0) is 10.4. The van der Waals surface area contributed by atoms with Crippen LogP contribution >= 0.6 is 0 Å². The summed E-state index contributed by atoms with van der Waals surface area (Å²) in [6.45, 7) is 4.36. The molecule has 3 N–H and O–H groups in total. The molecule has 0 aliphatic carbocycles. The number of carbonyl (C=O) groups excluding carboxylic acids is 1. The zero-order valence-corrected chi connectivity index (χ0v) is 7.06. The van der Waals surface area contributed by atoms with Crippen LogP contribution in [0.25, 0.3) is 0 Å². The average Bonchev–Trinajstić information content (AvgIpc) is 2.03. The summed E-state index contributed by atoms with van der Waals surface area (Å²) in [5.41, 5.74) is 1.90. The van der Waals surface area contributed by atoms with Gasteiger partial charge in [-0.25, -0.2) is 4.79 Å². The maximum Gasteiger partial charge on any atom is 0.348 e. The molecule has 0 rings (SSSR count). The fourth-order valence-corrected chi connectivity index (χ4v) is 0.518. The van der Waals surface area contributed by atoms with E-state index in [2.05, 4.69) is 11.4 Å². The number of hydrogen-bond acceptors (Lipinski definition) is 5. The number of nitrogens with one attached hydrogen (secondary N) is 1. The van der Waals surface area contributed by atoms with Crippen molar-refractivity contribution in [2.75, 3.05) is 0 Å². The van der Waals surface area contributed by atoms with E-state index in [-0.39, 0.29) is 0 Å². The maximum atomic E-state index is 10.5. The second kappa shape index (κ2) is 5.28. The van der Waals surface area contributed by atoms with E-state index in [4.69, 9.17) is 10.2 Å². The first-order valence-electron chi connectivity index (χ1n) is 3.48. The molecule has 0 amide bonds. The molecular weight excluding hydrogens is 178 g/mol. The van der Waals surface area contributed by atoms with Gasteiger partial charge in [0.2, 0.25) is 0 Å². The van der Waals surface area contributed by atoms with Crippen LogP contribution in [0.5, 0.6) is 0 Å². The smallest absolute Gasteiger partial charge is 0.348 e. The van der Waals surface area contributed by atoms with Crippen LogP contribution in [0.15, 0.2) is 12.7 Å². The van der Waals surface area contributed by atoms with Crippen LogP contribution in [-0.2, 0) is 14.4 Å². The van der Waals surface area contributed by atoms with Crippen molar-refractivity contribution < 1.29 is 24.6 Å². The predicted molar refractivity (Wildman–Crippen MR) is 42.5 cm³/mol. The number of carbonyl (C=O) groups is 2. The molecule has 0 aromatic heterocycles. The van der Waals surface area contributed by atoms with Gasteiger partial charge in [0.1, 0.15) is 0 Å². The Morgan fingerprint density at radius 1 is 1.62 bits per heavy atom. The maximum absolute atomic E-state index is 10.5. The highest BCUT2D eigenvalue weighted by Crippen LogP contribution is 1.93. The van der Waals surface area contributed by atoms with Crippen molar-refractivity contribution in [3.63, 3.8) is 0 Å². The Kier molecular flexibility index (Phi) is 4.71. The molecule has 0 spiro atoms. The lowest BCUT2D eigenvalue weighted by molar-refractivity contribution is -0.157. The van der Waals surface area contributed by atoms with Gasteiger partial charge in [0.05, 0.1) is 6.10 Å². The zero-order valence-electron chi connectivity index (χ0n) is 7.06. The van der Waals surface area contributed by atoms with Crippen LogP contribution in [0, 0.1) is 0 Å². The third-order valence-corrected chi connectivity index (χ3v) is 1.20. The highest BCUT2D eigenvalue weighted by atomic mass is 16.7. The molecule has 0 radical (unpaired) electrons. The Bertz CT molecular complexity index is 213. The number of aliphatic hydroxyl groups excluding tert-OH is 1. The summed E-state index contributed by atoms with van der Waals surface area (Å²) < 4.78 is 0. The molecule has 6 heteroatoms. The van der Waals surface area contributed by atoms with Crippen LogP contribution in [-0.4, -0.2) is 34.3 Å². The number of carboxylic acid groups (broad SMARTS) is 1. The van der Waals surface area contributed by atoms with Crippen LogP contribution in [0.4, 0.5) is 0 Å². The summed E-state index contributed by atoms with van der Waals surface area (Å²) in [6, 6.07) is -1.34. The summed E-state index contributed by atoms with van der Waals surface area (Å²) >= 11 is 0. The lowest BCUT2D eigenvalue weighted by Crippen LogP contribution is -2.45. The van der Waals surface area contributed by atoms with Crippen molar-refractivity contribution >= 4 is 11.9 Å². The molecule has 0 saturated carbocycles. The van der Waals surface area contributed by atoms with Gasteiger partial charge in [-0.1, -0.05) is 6.58 Å². The first-order valence-corrected chi connectivity index (χ1v) is 3.48. The van der Waals surface area contributed by atoms with Crippen molar-refractivity contribution in [1.82, 2.24) is 5.48 Å². The molecule has 0 saturated heterocycles. The van der Waals surface area contributed by atoms with Gasteiger partial charge in [0.15, 0.2) is 6.04 Å². The minimum Gasteiger partial charge on any atom is -0.480 e. The molecule has 0 heterocycles. The average molecular weight is 189 g/mol. The second-order valence-electron chi connectivity index (χ2n) is 2.30. The highest BCUT2D eigenvalue weighted by Gasteiger charge is 2.23. The van der Waals surface area contributed by atoms with Crippen molar-refractivity contribution in [2.24, 2.45) is 0 Å². The molecule has 74 valence electrons. The summed E-state index contributed by atoms with van der Waals surface area (Å²) in [7, 11) is 0. The Morgan fingerprint density at radius 3 is 2.46 bits per heavy atom. The molecule has 0 fully saturated rings. The second-order valence-corrected chi connectivity index (χ2v) is 2.30. The minimum atomic E-state index is -1.34. The van der Waals surface area contributed by atoms with Crippen molar-refractivity contribution in [1.29, 1.82) is 0 Å². The molecule has 13 heavy (non-hydrogen) atoms.